The van der Waals surface area contributed by atoms with Gasteiger partial charge in [0.15, 0.2) is 0 Å². The van der Waals surface area contributed by atoms with Crippen LogP contribution in [0, 0.1) is 5.82 Å². The van der Waals surface area contributed by atoms with Crippen molar-refractivity contribution in [1.29, 1.82) is 0 Å². The molecular formula is C11H13F3N2O2. The Morgan fingerprint density at radius 3 is 2.78 bits per heavy atom. The molecule has 0 aromatic heterocycles. The maximum absolute atomic E-state index is 12.9. The second-order valence-corrected chi connectivity index (χ2v) is 3.42. The molecule has 0 unspecified atom stereocenters. The number of nitrogens with one attached hydrogen (secondary N) is 1. The van der Waals surface area contributed by atoms with Crippen molar-refractivity contribution >= 4 is 5.91 Å². The zero-order chi connectivity index (χ0) is 13.5. The van der Waals surface area contributed by atoms with Crippen LogP contribution in [-0.4, -0.2) is 25.6 Å². The minimum atomic E-state index is -3.12. The summed E-state index contributed by atoms with van der Waals surface area (Å²) >= 11 is 0. The van der Waals surface area contributed by atoms with Crippen molar-refractivity contribution in [2.45, 2.75) is 13.0 Å². The van der Waals surface area contributed by atoms with Crippen LogP contribution in [0.1, 0.15) is 16.8 Å². The highest BCUT2D eigenvalue weighted by Gasteiger charge is 2.16. The van der Waals surface area contributed by atoms with Gasteiger partial charge >= 0.3 is 6.61 Å². The Balaban J connectivity index is 2.82. The maximum Gasteiger partial charge on any atom is 0.387 e. The van der Waals surface area contributed by atoms with Crippen LogP contribution in [-0.2, 0) is 0 Å². The third-order valence-corrected chi connectivity index (χ3v) is 2.07. The van der Waals surface area contributed by atoms with Gasteiger partial charge in [-0.3, -0.25) is 4.79 Å². The van der Waals surface area contributed by atoms with Gasteiger partial charge in [-0.15, -0.1) is 0 Å². The smallest absolute Gasteiger partial charge is 0.387 e. The molecule has 7 heteroatoms. The van der Waals surface area contributed by atoms with Crippen LogP contribution >= 0.6 is 0 Å². The third kappa shape index (κ3) is 4.25. The zero-order valence-corrected chi connectivity index (χ0v) is 9.46. The summed E-state index contributed by atoms with van der Waals surface area (Å²) in [5.41, 5.74) is 5.10. The molecule has 100 valence electrons. The first-order chi connectivity index (χ1) is 8.54. The summed E-state index contributed by atoms with van der Waals surface area (Å²) in [6, 6.07) is 2.82. The number of hydrogen-bond acceptors (Lipinski definition) is 3. The fraction of sp³-hybridized carbons (Fsp3) is 0.364. The molecule has 1 rings (SSSR count). The van der Waals surface area contributed by atoms with Gasteiger partial charge in [0.1, 0.15) is 11.6 Å². The largest absolute Gasteiger partial charge is 0.434 e. The number of carbonyl (C=O) groups excluding carboxylic acids is 1. The van der Waals surface area contributed by atoms with E-state index in [2.05, 4.69) is 10.1 Å². The summed E-state index contributed by atoms with van der Waals surface area (Å²) in [6.45, 7) is -2.42. The van der Waals surface area contributed by atoms with Crippen molar-refractivity contribution in [2.75, 3.05) is 13.1 Å². The molecule has 0 radical (unpaired) electrons. The van der Waals surface area contributed by atoms with Crippen molar-refractivity contribution in [3.63, 3.8) is 0 Å². The minimum absolute atomic E-state index is 0.145. The van der Waals surface area contributed by atoms with Gasteiger partial charge < -0.3 is 15.8 Å². The molecule has 0 saturated heterocycles. The lowest BCUT2D eigenvalue weighted by Gasteiger charge is -2.10. The summed E-state index contributed by atoms with van der Waals surface area (Å²) in [6.07, 6.45) is 0.554. The molecule has 0 heterocycles. The number of carbonyl (C=O) groups is 1. The van der Waals surface area contributed by atoms with Gasteiger partial charge in [-0.25, -0.2) is 4.39 Å². The Morgan fingerprint density at radius 1 is 1.44 bits per heavy atom. The van der Waals surface area contributed by atoms with Gasteiger partial charge in [0.05, 0.1) is 5.56 Å². The maximum atomic E-state index is 12.9. The number of ether oxygens (including phenoxy) is 1. The van der Waals surface area contributed by atoms with Gasteiger partial charge in [-0.1, -0.05) is 0 Å². The van der Waals surface area contributed by atoms with Crippen molar-refractivity contribution in [3.05, 3.63) is 29.6 Å². The van der Waals surface area contributed by atoms with E-state index in [1.165, 1.54) is 0 Å². The average Bonchev–Trinajstić information content (AvgIpc) is 2.28. The Kier molecular flexibility index (Phi) is 5.44. The van der Waals surface area contributed by atoms with Gasteiger partial charge in [-0.05, 0) is 25.1 Å². The van der Waals surface area contributed by atoms with Crippen LogP contribution in [0.4, 0.5) is 13.2 Å². The fourth-order valence-corrected chi connectivity index (χ4v) is 1.28. The molecule has 0 fully saturated rings. The second-order valence-electron chi connectivity index (χ2n) is 3.42. The number of amides is 1. The van der Waals surface area contributed by atoms with Crippen LogP contribution in [0.2, 0.25) is 0 Å². The lowest BCUT2D eigenvalue weighted by atomic mass is 10.2. The first-order valence-electron chi connectivity index (χ1n) is 5.27. The first-order valence-corrected chi connectivity index (χ1v) is 5.27. The number of halogens is 3. The minimum Gasteiger partial charge on any atom is -0.434 e. The molecule has 0 aliphatic rings. The number of alkyl halides is 2. The van der Waals surface area contributed by atoms with E-state index in [1.807, 2.05) is 0 Å². The van der Waals surface area contributed by atoms with Crippen LogP contribution in [0.15, 0.2) is 18.2 Å². The van der Waals surface area contributed by atoms with E-state index in [4.69, 9.17) is 5.73 Å². The second kappa shape index (κ2) is 6.85. The van der Waals surface area contributed by atoms with Crippen LogP contribution < -0.4 is 15.8 Å². The molecule has 1 aromatic rings. The Hall–Kier alpha value is -1.76. The topological polar surface area (TPSA) is 64.3 Å². The molecule has 0 atom stereocenters. The van der Waals surface area contributed by atoms with E-state index in [0.29, 0.717) is 19.5 Å². The molecule has 18 heavy (non-hydrogen) atoms. The highest BCUT2D eigenvalue weighted by Crippen LogP contribution is 2.21. The average molecular weight is 262 g/mol. The van der Waals surface area contributed by atoms with Crippen molar-refractivity contribution in [2.24, 2.45) is 5.73 Å². The van der Waals surface area contributed by atoms with Crippen molar-refractivity contribution in [1.82, 2.24) is 5.32 Å². The summed E-state index contributed by atoms with van der Waals surface area (Å²) in [4.78, 5) is 11.6. The Morgan fingerprint density at radius 2 is 2.17 bits per heavy atom. The van der Waals surface area contributed by atoms with E-state index >= 15 is 0 Å². The van der Waals surface area contributed by atoms with Crippen molar-refractivity contribution in [3.8, 4) is 5.75 Å². The van der Waals surface area contributed by atoms with Crippen LogP contribution in [0.5, 0.6) is 5.75 Å². The van der Waals surface area contributed by atoms with Gasteiger partial charge in [-0.2, -0.15) is 8.78 Å². The van der Waals surface area contributed by atoms with E-state index < -0.39 is 24.1 Å². The molecule has 4 nitrogen and oxygen atoms in total. The van der Waals surface area contributed by atoms with E-state index in [9.17, 15) is 18.0 Å². The molecule has 0 bridgehead atoms. The highest BCUT2D eigenvalue weighted by atomic mass is 19.3. The summed E-state index contributed by atoms with van der Waals surface area (Å²) < 4.78 is 41.2. The normalized spacial score (nSPS) is 10.5. The third-order valence-electron chi connectivity index (χ3n) is 2.07. The molecule has 0 aliphatic heterocycles. The van der Waals surface area contributed by atoms with Crippen LogP contribution in [0.25, 0.3) is 0 Å². The van der Waals surface area contributed by atoms with E-state index in [1.54, 1.807) is 0 Å². The Labute approximate surface area is 102 Å². The van der Waals surface area contributed by atoms with Gasteiger partial charge in [0, 0.05) is 12.6 Å². The molecule has 0 aliphatic carbocycles. The summed E-state index contributed by atoms with van der Waals surface area (Å²) in [5.74, 6) is -1.86. The number of benzene rings is 1. The van der Waals surface area contributed by atoms with E-state index in [-0.39, 0.29) is 5.56 Å². The fourth-order valence-electron chi connectivity index (χ4n) is 1.28. The lowest BCUT2D eigenvalue weighted by molar-refractivity contribution is -0.0503. The molecule has 3 N–H and O–H groups in total. The van der Waals surface area contributed by atoms with Gasteiger partial charge in [0.25, 0.3) is 5.91 Å². The summed E-state index contributed by atoms with van der Waals surface area (Å²) in [5, 5.41) is 2.47. The lowest BCUT2D eigenvalue weighted by Crippen LogP contribution is -2.26. The number of hydrogen-bond donors (Lipinski definition) is 2. The molecule has 0 spiro atoms. The van der Waals surface area contributed by atoms with E-state index in [0.717, 1.165) is 18.2 Å². The number of rotatable bonds is 6. The molecule has 0 saturated carbocycles. The van der Waals surface area contributed by atoms with Crippen molar-refractivity contribution < 1.29 is 22.7 Å². The number of nitrogens with two attached hydrogens (primary N) is 1. The quantitative estimate of drug-likeness (QED) is 0.764. The first kappa shape index (κ1) is 14.3. The molecular weight excluding hydrogens is 249 g/mol. The monoisotopic (exact) mass is 262 g/mol. The van der Waals surface area contributed by atoms with Gasteiger partial charge in [0.2, 0.25) is 0 Å². The SMILES string of the molecule is NCCCNC(=O)c1ccc(F)cc1OC(F)F. The predicted octanol–water partition coefficient (Wildman–Crippen LogP) is 1.51. The standard InChI is InChI=1S/C11H13F3N2O2/c12-7-2-3-8(9(6-7)18-11(13)14)10(17)16-5-1-4-15/h2-3,6,11H,1,4-5,15H2,(H,16,17). The highest BCUT2D eigenvalue weighted by molar-refractivity contribution is 5.96. The molecule has 1 amide bonds. The zero-order valence-electron chi connectivity index (χ0n) is 9.46. The Bertz CT molecular complexity index is 413. The summed E-state index contributed by atoms with van der Waals surface area (Å²) in [7, 11) is 0. The molecule has 1 aromatic carbocycles. The van der Waals surface area contributed by atoms with Crippen LogP contribution in [0.3, 0.4) is 0 Å². The predicted molar refractivity (Wildman–Crippen MR) is 59.0 cm³/mol.